The lowest BCUT2D eigenvalue weighted by Crippen LogP contribution is -2.22. The van der Waals surface area contributed by atoms with Crippen LogP contribution in [0.3, 0.4) is 0 Å². The molecule has 0 amide bonds. The maximum Gasteiger partial charge on any atom is 0.374 e. The van der Waals surface area contributed by atoms with E-state index in [0.29, 0.717) is 0 Å². The van der Waals surface area contributed by atoms with Gasteiger partial charge >= 0.3 is 5.97 Å². The Bertz CT molecular complexity index is 349. The van der Waals surface area contributed by atoms with Crippen LogP contribution < -0.4 is 0 Å². The first-order valence-electron chi connectivity index (χ1n) is 8.16. The van der Waals surface area contributed by atoms with Crippen LogP contribution in [0.15, 0.2) is 5.10 Å². The maximum atomic E-state index is 11.8. The average Bonchev–Trinajstić information content (AvgIpc) is 2.98. The molecular weight excluding hydrogens is 268 g/mol. The molecule has 21 heavy (non-hydrogen) atoms. The highest BCUT2D eigenvalue weighted by Crippen LogP contribution is 2.15. The molecule has 0 aliphatic carbocycles. The van der Waals surface area contributed by atoms with E-state index in [2.05, 4.69) is 12.0 Å². The Balaban J connectivity index is 2.49. The Labute approximate surface area is 127 Å². The van der Waals surface area contributed by atoms with Crippen molar-refractivity contribution in [2.24, 2.45) is 11.0 Å². The number of nitrogens with zero attached hydrogens (tertiary/aromatic N) is 2. The maximum absolute atomic E-state index is 11.8. The molecule has 1 rings (SSSR count). The quantitative estimate of drug-likeness (QED) is 0.269. The van der Waals surface area contributed by atoms with Crippen LogP contribution in [-0.4, -0.2) is 42.7 Å². The number of Topliss-reactive ketones (excluding diaryl/α,β-unsaturated/α-hetero) is 1. The monoisotopic (exact) mass is 296 g/mol. The van der Waals surface area contributed by atoms with E-state index in [0.717, 1.165) is 38.8 Å². The number of hydrogen-bond acceptors (Lipinski definition) is 5. The summed E-state index contributed by atoms with van der Waals surface area (Å²) >= 11 is 0. The Hall–Kier alpha value is -1.39. The second-order valence-corrected chi connectivity index (χ2v) is 5.53. The standard InChI is InChI=1S/C16H28N2O3/c1-3-5-6-9-14(12-15(19)16(20)21-4-2)13-17-18-10-7-8-11-18/h13-14H,3-12H2,1-2H3/b17-13+/t14-/m1/s1. The van der Waals surface area contributed by atoms with Crippen LogP contribution in [0.2, 0.25) is 0 Å². The molecule has 0 radical (unpaired) electrons. The molecule has 120 valence electrons. The highest BCUT2D eigenvalue weighted by Gasteiger charge is 2.20. The smallest absolute Gasteiger partial charge is 0.374 e. The first kappa shape index (κ1) is 17.7. The Kier molecular flexibility index (Phi) is 8.71. The van der Waals surface area contributed by atoms with Crippen molar-refractivity contribution in [2.45, 2.75) is 58.8 Å². The zero-order valence-corrected chi connectivity index (χ0v) is 13.3. The molecular formula is C16H28N2O3. The van der Waals surface area contributed by atoms with Gasteiger partial charge in [-0.2, -0.15) is 5.10 Å². The molecule has 0 N–H and O–H groups in total. The lowest BCUT2D eigenvalue weighted by molar-refractivity contribution is -0.153. The fourth-order valence-electron chi connectivity index (χ4n) is 2.42. The summed E-state index contributed by atoms with van der Waals surface area (Å²) in [6.07, 6.45) is 8.67. The molecule has 0 bridgehead atoms. The topological polar surface area (TPSA) is 59.0 Å². The third kappa shape index (κ3) is 7.25. The van der Waals surface area contributed by atoms with Crippen molar-refractivity contribution in [3.63, 3.8) is 0 Å². The van der Waals surface area contributed by atoms with E-state index in [1.807, 2.05) is 11.2 Å². The molecule has 1 atom stereocenters. The van der Waals surface area contributed by atoms with Crippen molar-refractivity contribution in [1.82, 2.24) is 5.01 Å². The van der Waals surface area contributed by atoms with Gasteiger partial charge in [-0.05, 0) is 26.2 Å². The van der Waals surface area contributed by atoms with Crippen molar-refractivity contribution < 1.29 is 14.3 Å². The number of ether oxygens (including phenoxy) is 1. The molecule has 0 spiro atoms. The molecule has 5 heteroatoms. The van der Waals surface area contributed by atoms with Crippen LogP contribution in [0.4, 0.5) is 0 Å². The summed E-state index contributed by atoms with van der Waals surface area (Å²) < 4.78 is 4.76. The first-order valence-corrected chi connectivity index (χ1v) is 8.16. The van der Waals surface area contributed by atoms with E-state index in [4.69, 9.17) is 4.74 Å². The van der Waals surface area contributed by atoms with Crippen LogP contribution in [0.1, 0.15) is 58.8 Å². The number of hydrazone groups is 1. The normalized spacial score (nSPS) is 16.4. The zero-order valence-electron chi connectivity index (χ0n) is 13.3. The molecule has 0 aromatic carbocycles. The third-order valence-corrected chi connectivity index (χ3v) is 3.65. The fraction of sp³-hybridized carbons (Fsp3) is 0.812. The summed E-state index contributed by atoms with van der Waals surface area (Å²) in [6, 6.07) is 0. The van der Waals surface area contributed by atoms with E-state index < -0.39 is 11.8 Å². The number of ketones is 1. The van der Waals surface area contributed by atoms with Gasteiger partial charge in [0, 0.05) is 31.6 Å². The summed E-state index contributed by atoms with van der Waals surface area (Å²) in [5.74, 6) is -1.12. The molecule has 1 aliphatic rings. The Morgan fingerprint density at radius 2 is 1.95 bits per heavy atom. The highest BCUT2D eigenvalue weighted by atomic mass is 16.5. The number of hydrogen-bond donors (Lipinski definition) is 0. The number of unbranched alkanes of at least 4 members (excludes halogenated alkanes) is 2. The third-order valence-electron chi connectivity index (χ3n) is 3.65. The minimum Gasteiger partial charge on any atom is -0.460 e. The summed E-state index contributed by atoms with van der Waals surface area (Å²) in [5, 5.41) is 6.51. The summed E-state index contributed by atoms with van der Waals surface area (Å²) in [6.45, 7) is 6.08. The zero-order chi connectivity index (χ0) is 15.5. The van der Waals surface area contributed by atoms with Gasteiger partial charge in [-0.1, -0.05) is 26.2 Å². The van der Waals surface area contributed by atoms with Crippen molar-refractivity contribution >= 4 is 18.0 Å². The van der Waals surface area contributed by atoms with Crippen molar-refractivity contribution in [2.75, 3.05) is 19.7 Å². The van der Waals surface area contributed by atoms with Crippen molar-refractivity contribution in [3.05, 3.63) is 0 Å². The van der Waals surface area contributed by atoms with Crippen LogP contribution in [0, 0.1) is 5.92 Å². The van der Waals surface area contributed by atoms with E-state index in [1.54, 1.807) is 6.92 Å². The number of rotatable bonds is 10. The van der Waals surface area contributed by atoms with Gasteiger partial charge in [-0.15, -0.1) is 0 Å². The first-order chi connectivity index (χ1) is 10.2. The lowest BCUT2D eigenvalue weighted by Gasteiger charge is -2.14. The summed E-state index contributed by atoms with van der Waals surface area (Å²) in [4.78, 5) is 23.3. The van der Waals surface area contributed by atoms with Crippen molar-refractivity contribution in [1.29, 1.82) is 0 Å². The van der Waals surface area contributed by atoms with Gasteiger partial charge in [0.25, 0.3) is 0 Å². The van der Waals surface area contributed by atoms with E-state index in [1.165, 1.54) is 12.8 Å². The van der Waals surface area contributed by atoms with Crippen LogP contribution in [-0.2, 0) is 14.3 Å². The van der Waals surface area contributed by atoms with Crippen molar-refractivity contribution in [3.8, 4) is 0 Å². The molecule has 0 unspecified atom stereocenters. The van der Waals surface area contributed by atoms with Crippen LogP contribution in [0.25, 0.3) is 0 Å². The minimum absolute atomic E-state index is 0.0362. The van der Waals surface area contributed by atoms with E-state index in [-0.39, 0.29) is 18.9 Å². The Morgan fingerprint density at radius 1 is 1.24 bits per heavy atom. The van der Waals surface area contributed by atoms with E-state index in [9.17, 15) is 9.59 Å². The SMILES string of the molecule is CCCCC[C@@H](/C=N/N1CCCC1)CC(=O)C(=O)OCC. The van der Waals surface area contributed by atoms with Gasteiger partial charge in [-0.25, -0.2) is 4.79 Å². The fourth-order valence-corrected chi connectivity index (χ4v) is 2.42. The average molecular weight is 296 g/mol. The predicted octanol–water partition coefficient (Wildman–Crippen LogP) is 2.79. The number of esters is 1. The molecule has 0 aromatic rings. The van der Waals surface area contributed by atoms with Crippen LogP contribution in [0.5, 0.6) is 0 Å². The largest absolute Gasteiger partial charge is 0.460 e. The lowest BCUT2D eigenvalue weighted by atomic mass is 9.97. The Morgan fingerprint density at radius 3 is 2.57 bits per heavy atom. The minimum atomic E-state index is -0.715. The second-order valence-electron chi connectivity index (χ2n) is 5.53. The van der Waals surface area contributed by atoms with Gasteiger partial charge in [0.2, 0.25) is 5.78 Å². The van der Waals surface area contributed by atoms with Gasteiger partial charge in [0.1, 0.15) is 0 Å². The molecule has 1 aliphatic heterocycles. The number of carbonyl (C=O) groups excluding carboxylic acids is 2. The molecule has 5 nitrogen and oxygen atoms in total. The predicted molar refractivity (Wildman–Crippen MR) is 83.2 cm³/mol. The molecule has 0 saturated carbocycles. The van der Waals surface area contributed by atoms with Gasteiger partial charge < -0.3 is 4.74 Å². The second kappa shape index (κ2) is 10.4. The molecule has 1 fully saturated rings. The molecule has 0 aromatic heterocycles. The van der Waals surface area contributed by atoms with Gasteiger partial charge in [0.05, 0.1) is 6.61 Å². The highest BCUT2D eigenvalue weighted by molar-refractivity contribution is 6.33. The van der Waals surface area contributed by atoms with Crippen LogP contribution >= 0.6 is 0 Å². The summed E-state index contributed by atoms with van der Waals surface area (Å²) in [5.41, 5.74) is 0. The molecule has 1 heterocycles. The molecule has 1 saturated heterocycles. The van der Waals surface area contributed by atoms with E-state index >= 15 is 0 Å². The summed E-state index contributed by atoms with van der Waals surface area (Å²) in [7, 11) is 0. The van der Waals surface area contributed by atoms with Gasteiger partial charge in [0.15, 0.2) is 0 Å². The van der Waals surface area contributed by atoms with Gasteiger partial charge in [-0.3, -0.25) is 9.80 Å². The number of carbonyl (C=O) groups is 2.